The van der Waals surface area contributed by atoms with Gasteiger partial charge < -0.3 is 10.1 Å². The maximum atomic E-state index is 13.7. The summed E-state index contributed by atoms with van der Waals surface area (Å²) < 4.78 is 19.3. The normalized spacial score (nSPS) is 11.8. The van der Waals surface area contributed by atoms with Crippen LogP contribution >= 0.6 is 23.4 Å². The number of rotatable bonds is 8. The second-order valence-corrected chi connectivity index (χ2v) is 7.18. The molecule has 0 aliphatic heterocycles. The van der Waals surface area contributed by atoms with Crippen molar-refractivity contribution in [3.05, 3.63) is 64.4 Å². The van der Waals surface area contributed by atoms with Crippen molar-refractivity contribution in [2.24, 2.45) is 0 Å². The number of carbonyl (C=O) groups is 1. The molecule has 0 aliphatic rings. The lowest BCUT2D eigenvalue weighted by molar-refractivity contribution is -0.119. The molecule has 2 aromatic carbocycles. The fraction of sp³-hybridized carbons (Fsp3) is 0.316. The zero-order valence-corrected chi connectivity index (χ0v) is 15.8. The van der Waals surface area contributed by atoms with Crippen molar-refractivity contribution >= 4 is 29.3 Å². The van der Waals surface area contributed by atoms with Crippen molar-refractivity contribution in [2.75, 3.05) is 12.4 Å². The highest BCUT2D eigenvalue weighted by Crippen LogP contribution is 2.23. The predicted molar refractivity (Wildman–Crippen MR) is 102 cm³/mol. The Hall–Kier alpha value is -1.72. The van der Waals surface area contributed by atoms with E-state index in [-0.39, 0.29) is 23.5 Å². The van der Waals surface area contributed by atoms with Crippen molar-refractivity contribution in [1.82, 2.24) is 5.32 Å². The summed E-state index contributed by atoms with van der Waals surface area (Å²) in [7, 11) is 0. The van der Waals surface area contributed by atoms with Gasteiger partial charge >= 0.3 is 0 Å². The van der Waals surface area contributed by atoms with Crippen LogP contribution in [-0.4, -0.2) is 24.3 Å². The van der Waals surface area contributed by atoms with Gasteiger partial charge in [0.15, 0.2) is 0 Å². The van der Waals surface area contributed by atoms with Gasteiger partial charge in [0.25, 0.3) is 0 Å². The van der Waals surface area contributed by atoms with Crippen LogP contribution in [0.2, 0.25) is 5.02 Å². The molecule has 25 heavy (non-hydrogen) atoms. The summed E-state index contributed by atoms with van der Waals surface area (Å²) in [5, 5.41) is 3.25. The Kier molecular flexibility index (Phi) is 7.59. The number of benzene rings is 2. The number of thioether (sulfide) groups is 1. The van der Waals surface area contributed by atoms with Crippen LogP contribution in [0.4, 0.5) is 4.39 Å². The van der Waals surface area contributed by atoms with Gasteiger partial charge in [-0.2, -0.15) is 0 Å². The van der Waals surface area contributed by atoms with Crippen LogP contribution in [0.3, 0.4) is 0 Å². The Labute approximate surface area is 156 Å². The van der Waals surface area contributed by atoms with Crippen LogP contribution in [0.1, 0.15) is 18.1 Å². The first kappa shape index (κ1) is 19.6. The minimum absolute atomic E-state index is 0.113. The standard InChI is InChI=1S/C19H21ClFNO2S/c1-13-6-8-15(9-7-13)24-10-14(2)22-19(23)12-25-11-16-17(20)4-3-5-18(16)21/h3-9,14H,10-12H2,1-2H3,(H,22,23)/t14-/m0/s1. The number of hydrogen-bond acceptors (Lipinski definition) is 3. The van der Waals surface area contributed by atoms with E-state index in [0.717, 1.165) is 5.75 Å². The average Bonchev–Trinajstić information content (AvgIpc) is 2.57. The van der Waals surface area contributed by atoms with Crippen LogP contribution in [0.25, 0.3) is 0 Å². The molecular formula is C19H21ClFNO2S. The largest absolute Gasteiger partial charge is 0.491 e. The third-order valence-corrected chi connectivity index (χ3v) is 4.78. The molecular weight excluding hydrogens is 361 g/mol. The monoisotopic (exact) mass is 381 g/mol. The number of halogens is 2. The molecule has 0 aliphatic carbocycles. The molecule has 0 aromatic heterocycles. The average molecular weight is 382 g/mol. The number of hydrogen-bond donors (Lipinski definition) is 1. The smallest absolute Gasteiger partial charge is 0.230 e. The molecule has 6 heteroatoms. The first-order valence-electron chi connectivity index (χ1n) is 7.95. The molecule has 1 amide bonds. The number of ether oxygens (including phenoxy) is 1. The molecule has 0 spiro atoms. The molecule has 1 atom stereocenters. The maximum absolute atomic E-state index is 13.7. The summed E-state index contributed by atoms with van der Waals surface area (Å²) in [6.07, 6.45) is 0. The Morgan fingerprint density at radius 3 is 2.68 bits per heavy atom. The minimum Gasteiger partial charge on any atom is -0.491 e. The number of aryl methyl sites for hydroxylation is 1. The second kappa shape index (κ2) is 9.68. The lowest BCUT2D eigenvalue weighted by atomic mass is 10.2. The fourth-order valence-electron chi connectivity index (χ4n) is 2.13. The van der Waals surface area contributed by atoms with E-state index in [1.807, 2.05) is 38.1 Å². The van der Waals surface area contributed by atoms with Gasteiger partial charge in [0.1, 0.15) is 18.2 Å². The first-order valence-corrected chi connectivity index (χ1v) is 9.48. The molecule has 0 heterocycles. The number of amides is 1. The second-order valence-electron chi connectivity index (χ2n) is 5.79. The van der Waals surface area contributed by atoms with Gasteiger partial charge in [0.2, 0.25) is 5.91 Å². The fourth-order valence-corrected chi connectivity index (χ4v) is 3.31. The van der Waals surface area contributed by atoms with E-state index < -0.39 is 0 Å². The summed E-state index contributed by atoms with van der Waals surface area (Å²) in [5.41, 5.74) is 1.60. The van der Waals surface area contributed by atoms with Gasteiger partial charge in [-0.25, -0.2) is 4.39 Å². The molecule has 1 N–H and O–H groups in total. The Bertz CT molecular complexity index is 689. The van der Waals surface area contributed by atoms with E-state index in [2.05, 4.69) is 5.32 Å². The third-order valence-electron chi connectivity index (χ3n) is 3.47. The van der Waals surface area contributed by atoms with Crippen molar-refractivity contribution in [3.63, 3.8) is 0 Å². The summed E-state index contributed by atoms with van der Waals surface area (Å²) in [6, 6.07) is 12.2. The van der Waals surface area contributed by atoms with Crippen molar-refractivity contribution in [2.45, 2.75) is 25.6 Å². The molecule has 0 bridgehead atoms. The van der Waals surface area contributed by atoms with Crippen LogP contribution < -0.4 is 10.1 Å². The molecule has 2 aromatic rings. The van der Waals surface area contributed by atoms with Gasteiger partial charge in [0.05, 0.1) is 11.8 Å². The van der Waals surface area contributed by atoms with Gasteiger partial charge in [0, 0.05) is 16.3 Å². The van der Waals surface area contributed by atoms with Crippen LogP contribution in [0.15, 0.2) is 42.5 Å². The highest BCUT2D eigenvalue weighted by Gasteiger charge is 2.11. The lowest BCUT2D eigenvalue weighted by Gasteiger charge is -2.15. The van der Waals surface area contributed by atoms with Gasteiger partial charge in [-0.1, -0.05) is 35.4 Å². The van der Waals surface area contributed by atoms with Crippen LogP contribution in [0.5, 0.6) is 5.75 Å². The van der Waals surface area contributed by atoms with E-state index in [4.69, 9.17) is 16.3 Å². The SMILES string of the molecule is Cc1ccc(OC[C@H](C)NC(=O)CSCc2c(F)cccc2Cl)cc1. The van der Waals surface area contributed by atoms with Crippen LogP contribution in [0, 0.1) is 12.7 Å². The molecule has 0 unspecified atom stereocenters. The van der Waals surface area contributed by atoms with E-state index in [1.54, 1.807) is 12.1 Å². The summed E-state index contributed by atoms with van der Waals surface area (Å²) >= 11 is 7.29. The Morgan fingerprint density at radius 2 is 2.00 bits per heavy atom. The van der Waals surface area contributed by atoms with Gasteiger partial charge in [-0.05, 0) is 38.1 Å². The highest BCUT2D eigenvalue weighted by molar-refractivity contribution is 7.99. The topological polar surface area (TPSA) is 38.3 Å². The molecule has 134 valence electrons. The van der Waals surface area contributed by atoms with Crippen molar-refractivity contribution in [1.29, 1.82) is 0 Å². The zero-order valence-electron chi connectivity index (χ0n) is 14.2. The molecule has 3 nitrogen and oxygen atoms in total. The summed E-state index contributed by atoms with van der Waals surface area (Å²) in [4.78, 5) is 12.0. The quantitative estimate of drug-likeness (QED) is 0.726. The predicted octanol–water partition coefficient (Wildman–Crippen LogP) is 4.60. The summed E-state index contributed by atoms with van der Waals surface area (Å²) in [6.45, 7) is 4.28. The first-order chi connectivity index (χ1) is 12.0. The van der Waals surface area contributed by atoms with E-state index >= 15 is 0 Å². The highest BCUT2D eigenvalue weighted by atomic mass is 35.5. The number of nitrogens with one attached hydrogen (secondary N) is 1. The van der Waals surface area contributed by atoms with Gasteiger partial charge in [-0.3, -0.25) is 4.79 Å². The Morgan fingerprint density at radius 1 is 1.28 bits per heavy atom. The van der Waals surface area contributed by atoms with Crippen molar-refractivity contribution < 1.29 is 13.9 Å². The minimum atomic E-state index is -0.347. The number of carbonyl (C=O) groups excluding carboxylic acids is 1. The summed E-state index contributed by atoms with van der Waals surface area (Å²) in [5.74, 6) is 0.903. The van der Waals surface area contributed by atoms with Crippen LogP contribution in [-0.2, 0) is 10.5 Å². The Balaban J connectivity index is 1.70. The molecule has 0 saturated carbocycles. The third kappa shape index (κ3) is 6.59. The molecule has 2 rings (SSSR count). The van der Waals surface area contributed by atoms with E-state index in [1.165, 1.54) is 23.4 Å². The van der Waals surface area contributed by atoms with E-state index in [9.17, 15) is 9.18 Å². The van der Waals surface area contributed by atoms with Crippen molar-refractivity contribution in [3.8, 4) is 5.75 Å². The molecule has 0 saturated heterocycles. The zero-order chi connectivity index (χ0) is 18.2. The lowest BCUT2D eigenvalue weighted by Crippen LogP contribution is -2.37. The molecule has 0 fully saturated rings. The molecule has 0 radical (unpaired) electrons. The maximum Gasteiger partial charge on any atom is 0.230 e. The van der Waals surface area contributed by atoms with Gasteiger partial charge in [-0.15, -0.1) is 11.8 Å². The van der Waals surface area contributed by atoms with E-state index in [0.29, 0.717) is 22.9 Å².